The highest BCUT2D eigenvalue weighted by molar-refractivity contribution is 8.27. The van der Waals surface area contributed by atoms with Crippen molar-refractivity contribution in [1.82, 2.24) is 4.98 Å². The van der Waals surface area contributed by atoms with E-state index in [1.807, 2.05) is 31.2 Å². The summed E-state index contributed by atoms with van der Waals surface area (Å²) in [5.74, 6) is 0.789. The van der Waals surface area contributed by atoms with Gasteiger partial charge in [-0.3, -0.25) is 19.8 Å². The van der Waals surface area contributed by atoms with Crippen molar-refractivity contribution in [2.75, 3.05) is 12.0 Å². The highest BCUT2D eigenvalue weighted by atomic mass is 32.2. The molecule has 1 aliphatic rings. The van der Waals surface area contributed by atoms with Gasteiger partial charge >= 0.3 is 0 Å². The average Bonchev–Trinajstić information content (AvgIpc) is 3.07. The first kappa shape index (κ1) is 22.4. The van der Waals surface area contributed by atoms with Gasteiger partial charge in [-0.15, -0.1) is 0 Å². The fraction of sp³-hybridized carbons (Fsp3) is 0.0870. The summed E-state index contributed by atoms with van der Waals surface area (Å²) in [6, 6.07) is 15.5. The molecular weight excluding hydrogens is 462 g/mol. The Balaban J connectivity index is 1.57. The van der Waals surface area contributed by atoms with Crippen molar-refractivity contribution in [1.29, 1.82) is 0 Å². The first-order valence-corrected chi connectivity index (χ1v) is 10.9. The summed E-state index contributed by atoms with van der Waals surface area (Å²) in [5, 5.41) is 10.8. The number of aromatic nitrogens is 1. The van der Waals surface area contributed by atoms with Gasteiger partial charge in [0.05, 0.1) is 22.6 Å². The third-order valence-corrected chi connectivity index (χ3v) is 5.99. The summed E-state index contributed by atoms with van der Waals surface area (Å²) in [6.45, 7) is 1.96. The van der Waals surface area contributed by atoms with Gasteiger partial charge < -0.3 is 9.47 Å². The normalized spacial score (nSPS) is 14.6. The van der Waals surface area contributed by atoms with Crippen LogP contribution in [0.1, 0.15) is 11.1 Å². The second-order valence-electron chi connectivity index (χ2n) is 6.98. The SMILES string of the molecule is COc1cc(/C=C2\SC(=S)N(c3cccc(C)c3)C2=O)ccc1Oc1ccc([N+](=O)[O-])cn1. The van der Waals surface area contributed by atoms with Crippen LogP contribution in [0.15, 0.2) is 65.7 Å². The Morgan fingerprint density at radius 2 is 1.97 bits per heavy atom. The van der Waals surface area contributed by atoms with E-state index in [9.17, 15) is 14.9 Å². The summed E-state index contributed by atoms with van der Waals surface area (Å²) in [6.07, 6.45) is 2.86. The van der Waals surface area contributed by atoms with Crippen LogP contribution in [0.2, 0.25) is 0 Å². The molecule has 1 fully saturated rings. The lowest BCUT2D eigenvalue weighted by Crippen LogP contribution is -2.27. The predicted molar refractivity (Wildman–Crippen MR) is 131 cm³/mol. The van der Waals surface area contributed by atoms with Crippen molar-refractivity contribution in [2.24, 2.45) is 0 Å². The standard InChI is InChI=1S/C23H17N3O5S2/c1-14-4-3-5-16(10-14)25-22(27)20(33-23(25)32)12-15-6-8-18(19(11-15)30-2)31-21-9-7-17(13-24-21)26(28)29/h3-13H,1-2H3/b20-12-. The largest absolute Gasteiger partial charge is 0.493 e. The molecular formula is C23H17N3O5S2. The molecule has 4 rings (SSSR count). The number of nitrogens with zero attached hydrogens (tertiary/aromatic N) is 3. The average molecular weight is 480 g/mol. The predicted octanol–water partition coefficient (Wildman–Crippen LogP) is 5.50. The molecule has 2 heterocycles. The molecule has 0 aliphatic carbocycles. The number of rotatable bonds is 6. The number of nitro groups is 1. The third-order valence-electron chi connectivity index (χ3n) is 4.69. The maximum atomic E-state index is 13.0. The van der Waals surface area contributed by atoms with Crippen LogP contribution in [0.25, 0.3) is 6.08 Å². The zero-order valence-corrected chi connectivity index (χ0v) is 19.2. The van der Waals surface area contributed by atoms with E-state index in [0.29, 0.717) is 20.7 Å². The third kappa shape index (κ3) is 4.86. The van der Waals surface area contributed by atoms with Crippen molar-refractivity contribution in [3.63, 3.8) is 0 Å². The van der Waals surface area contributed by atoms with Gasteiger partial charge in [0.15, 0.2) is 15.8 Å². The molecule has 1 saturated heterocycles. The van der Waals surface area contributed by atoms with Gasteiger partial charge in [-0.1, -0.05) is 42.2 Å². The molecule has 1 amide bonds. The Kier molecular flexibility index (Phi) is 6.38. The lowest BCUT2D eigenvalue weighted by atomic mass is 10.1. The number of pyridine rings is 1. The number of hydrogen-bond acceptors (Lipinski definition) is 8. The van der Waals surface area contributed by atoms with E-state index in [2.05, 4.69) is 4.98 Å². The van der Waals surface area contributed by atoms with Crippen molar-refractivity contribution in [3.05, 3.63) is 86.9 Å². The number of ether oxygens (including phenoxy) is 2. The quantitative estimate of drug-likeness (QED) is 0.198. The number of aryl methyl sites for hydroxylation is 1. The van der Waals surface area contributed by atoms with Crippen LogP contribution >= 0.6 is 24.0 Å². The highest BCUT2D eigenvalue weighted by Gasteiger charge is 2.33. The van der Waals surface area contributed by atoms with Gasteiger partial charge in [-0.05, 0) is 48.4 Å². The van der Waals surface area contributed by atoms with Crippen LogP contribution in [0.4, 0.5) is 11.4 Å². The maximum Gasteiger partial charge on any atom is 0.287 e. The van der Waals surface area contributed by atoms with Gasteiger partial charge in [0.2, 0.25) is 5.88 Å². The van der Waals surface area contributed by atoms with E-state index < -0.39 is 4.92 Å². The Hall–Kier alpha value is -3.76. The number of amides is 1. The number of methoxy groups -OCH3 is 1. The van der Waals surface area contributed by atoms with E-state index in [4.69, 9.17) is 21.7 Å². The van der Waals surface area contributed by atoms with Gasteiger partial charge in [0.25, 0.3) is 11.6 Å². The van der Waals surface area contributed by atoms with E-state index in [0.717, 1.165) is 23.0 Å². The van der Waals surface area contributed by atoms with Crippen LogP contribution in [0.3, 0.4) is 0 Å². The topological polar surface area (TPSA) is 94.8 Å². The molecule has 1 aromatic heterocycles. The molecule has 166 valence electrons. The lowest BCUT2D eigenvalue weighted by Gasteiger charge is -2.14. The van der Waals surface area contributed by atoms with Crippen molar-refractivity contribution < 1.29 is 19.2 Å². The van der Waals surface area contributed by atoms with Crippen molar-refractivity contribution in [3.8, 4) is 17.4 Å². The summed E-state index contributed by atoms with van der Waals surface area (Å²) in [7, 11) is 1.49. The van der Waals surface area contributed by atoms with Crippen molar-refractivity contribution in [2.45, 2.75) is 6.92 Å². The molecule has 33 heavy (non-hydrogen) atoms. The van der Waals surface area contributed by atoms with Gasteiger partial charge in [-0.2, -0.15) is 0 Å². The summed E-state index contributed by atoms with van der Waals surface area (Å²) >= 11 is 6.67. The van der Waals surface area contributed by atoms with E-state index >= 15 is 0 Å². The first-order valence-electron chi connectivity index (χ1n) is 9.66. The lowest BCUT2D eigenvalue weighted by molar-refractivity contribution is -0.385. The van der Waals surface area contributed by atoms with Crippen LogP contribution < -0.4 is 14.4 Å². The highest BCUT2D eigenvalue weighted by Crippen LogP contribution is 2.38. The number of benzene rings is 2. The van der Waals surface area contributed by atoms with Crippen LogP contribution in [-0.4, -0.2) is 27.2 Å². The minimum atomic E-state index is -0.534. The van der Waals surface area contributed by atoms with Crippen LogP contribution in [0, 0.1) is 17.0 Å². The summed E-state index contributed by atoms with van der Waals surface area (Å²) in [5.41, 5.74) is 2.36. The Bertz CT molecular complexity index is 1290. The minimum Gasteiger partial charge on any atom is -0.493 e. The molecule has 0 spiro atoms. The van der Waals surface area contributed by atoms with Crippen molar-refractivity contribution >= 4 is 51.7 Å². The Morgan fingerprint density at radius 1 is 1.15 bits per heavy atom. The van der Waals surface area contributed by atoms with Gasteiger partial charge in [0, 0.05) is 12.1 Å². The molecule has 0 bridgehead atoms. The fourth-order valence-corrected chi connectivity index (χ4v) is 4.42. The Labute approximate surface area is 199 Å². The van der Waals surface area contributed by atoms with Crippen LogP contribution in [-0.2, 0) is 4.79 Å². The molecule has 0 radical (unpaired) electrons. The number of thioether (sulfide) groups is 1. The first-order chi connectivity index (χ1) is 15.9. The molecule has 1 aliphatic heterocycles. The molecule has 0 atom stereocenters. The fourth-order valence-electron chi connectivity index (χ4n) is 3.12. The number of anilines is 1. The van der Waals surface area contributed by atoms with E-state index in [1.165, 1.54) is 35.9 Å². The number of thiocarbonyl (C=S) groups is 1. The number of hydrogen-bond donors (Lipinski definition) is 0. The second-order valence-corrected chi connectivity index (χ2v) is 8.66. The Morgan fingerprint density at radius 3 is 2.64 bits per heavy atom. The van der Waals surface area contributed by atoms with Crippen LogP contribution in [0.5, 0.6) is 17.4 Å². The van der Waals surface area contributed by atoms with Gasteiger partial charge in [0.1, 0.15) is 6.20 Å². The minimum absolute atomic E-state index is 0.132. The molecule has 10 heteroatoms. The molecule has 0 saturated carbocycles. The smallest absolute Gasteiger partial charge is 0.287 e. The second kappa shape index (κ2) is 9.39. The van der Waals surface area contributed by atoms with Gasteiger partial charge in [-0.25, -0.2) is 4.98 Å². The zero-order valence-electron chi connectivity index (χ0n) is 17.6. The maximum absolute atomic E-state index is 13.0. The summed E-state index contributed by atoms with van der Waals surface area (Å²) in [4.78, 5) is 29.2. The molecule has 3 aromatic rings. The molecule has 8 nitrogen and oxygen atoms in total. The number of carbonyl (C=O) groups excluding carboxylic acids is 1. The molecule has 0 unspecified atom stereocenters. The monoisotopic (exact) mass is 479 g/mol. The molecule has 0 N–H and O–H groups in total. The van der Waals surface area contributed by atoms with E-state index in [1.54, 1.807) is 24.3 Å². The summed E-state index contributed by atoms with van der Waals surface area (Å²) < 4.78 is 11.6. The number of carbonyl (C=O) groups is 1. The van der Waals surface area contributed by atoms with E-state index in [-0.39, 0.29) is 17.5 Å². The zero-order chi connectivity index (χ0) is 23.5. The molecule has 2 aromatic carbocycles.